The van der Waals surface area contributed by atoms with E-state index in [1.54, 1.807) is 0 Å². The van der Waals surface area contributed by atoms with Gasteiger partial charge in [-0.2, -0.15) is 0 Å². The van der Waals surface area contributed by atoms with E-state index in [1.165, 1.54) is 19.3 Å². The van der Waals surface area contributed by atoms with Crippen LogP contribution in [-0.4, -0.2) is 36.0 Å². The van der Waals surface area contributed by atoms with Crippen LogP contribution in [0.2, 0.25) is 0 Å². The molecule has 1 N–H and O–H groups in total. The smallest absolute Gasteiger partial charge is 0.226 e. The molecule has 1 aliphatic carbocycles. The number of hydrogen-bond donors (Lipinski definition) is 1. The monoisotopic (exact) mass is 238 g/mol. The molecule has 1 unspecified atom stereocenters. The van der Waals surface area contributed by atoms with Crippen LogP contribution in [0.15, 0.2) is 0 Å². The number of nitrogens with zero attached hydrogens (tertiary/aromatic N) is 1. The second kappa shape index (κ2) is 4.60. The Hall–Kier alpha value is -0.570. The van der Waals surface area contributed by atoms with Crippen LogP contribution in [0.25, 0.3) is 0 Å². The summed E-state index contributed by atoms with van der Waals surface area (Å²) in [5.41, 5.74) is 0.0730. The summed E-state index contributed by atoms with van der Waals surface area (Å²) in [4.78, 5) is 14.2. The van der Waals surface area contributed by atoms with Crippen molar-refractivity contribution in [3.8, 4) is 0 Å². The Kier molecular flexibility index (Phi) is 3.48. The lowest BCUT2D eigenvalue weighted by Gasteiger charge is -2.45. The summed E-state index contributed by atoms with van der Waals surface area (Å²) in [6.45, 7) is 10.3. The molecular weight excluding hydrogens is 212 g/mol. The Balaban J connectivity index is 1.73. The van der Waals surface area contributed by atoms with E-state index in [0.717, 1.165) is 19.1 Å². The molecule has 1 atom stereocenters. The van der Waals surface area contributed by atoms with Crippen molar-refractivity contribution in [2.24, 2.45) is 11.3 Å². The molecule has 0 aromatic rings. The normalized spacial score (nSPS) is 24.1. The Morgan fingerprint density at radius 2 is 1.82 bits per heavy atom. The van der Waals surface area contributed by atoms with Gasteiger partial charge >= 0.3 is 0 Å². The Labute approximate surface area is 105 Å². The molecule has 2 fully saturated rings. The molecule has 1 amide bonds. The van der Waals surface area contributed by atoms with E-state index in [0.29, 0.717) is 11.9 Å². The number of carbonyl (C=O) groups is 1. The quantitative estimate of drug-likeness (QED) is 0.816. The molecule has 0 aromatic carbocycles. The summed E-state index contributed by atoms with van der Waals surface area (Å²) in [5, 5.41) is 3.62. The molecule has 17 heavy (non-hydrogen) atoms. The van der Waals surface area contributed by atoms with E-state index >= 15 is 0 Å². The lowest BCUT2D eigenvalue weighted by Crippen LogP contribution is -2.63. The van der Waals surface area contributed by atoms with Crippen molar-refractivity contribution in [1.29, 1.82) is 0 Å². The van der Waals surface area contributed by atoms with E-state index in [2.05, 4.69) is 33.0 Å². The highest BCUT2D eigenvalue weighted by Gasteiger charge is 2.37. The number of carbonyl (C=O) groups excluding carboxylic acids is 1. The van der Waals surface area contributed by atoms with Gasteiger partial charge in [0.2, 0.25) is 5.91 Å². The topological polar surface area (TPSA) is 32.3 Å². The van der Waals surface area contributed by atoms with Gasteiger partial charge in [-0.15, -0.1) is 0 Å². The largest absolute Gasteiger partial charge is 0.339 e. The minimum Gasteiger partial charge on any atom is -0.339 e. The summed E-state index contributed by atoms with van der Waals surface area (Å²) >= 11 is 0. The molecule has 2 rings (SSSR count). The highest BCUT2D eigenvalue weighted by molar-refractivity contribution is 5.80. The number of amides is 1. The third-order valence-electron chi connectivity index (χ3n) is 4.44. The maximum Gasteiger partial charge on any atom is 0.226 e. The minimum absolute atomic E-state index is 0.0730. The Morgan fingerprint density at radius 3 is 2.24 bits per heavy atom. The second-order valence-corrected chi connectivity index (χ2v) is 6.82. The van der Waals surface area contributed by atoms with Crippen molar-refractivity contribution in [3.05, 3.63) is 0 Å². The van der Waals surface area contributed by atoms with Crippen molar-refractivity contribution >= 4 is 5.91 Å². The van der Waals surface area contributed by atoms with Crippen LogP contribution in [-0.2, 0) is 4.79 Å². The maximum atomic E-state index is 12.2. The standard InChI is InChI=1S/C14H26N2O/c1-10(14(2,3)4)13(17)16-8-12(9-16)15-11-6-5-7-11/h10-12,15H,5-9H2,1-4H3. The molecule has 3 nitrogen and oxygen atoms in total. The first-order chi connectivity index (χ1) is 7.88. The third kappa shape index (κ3) is 2.82. The van der Waals surface area contributed by atoms with Gasteiger partial charge in [-0.05, 0) is 18.3 Å². The number of rotatable bonds is 3. The molecule has 98 valence electrons. The predicted molar refractivity (Wildman–Crippen MR) is 69.8 cm³/mol. The molecule has 1 saturated carbocycles. The van der Waals surface area contributed by atoms with Gasteiger partial charge in [-0.25, -0.2) is 0 Å². The summed E-state index contributed by atoms with van der Waals surface area (Å²) in [6.07, 6.45) is 4.01. The van der Waals surface area contributed by atoms with E-state index in [1.807, 2.05) is 4.90 Å². The van der Waals surface area contributed by atoms with Crippen LogP contribution in [0.5, 0.6) is 0 Å². The van der Waals surface area contributed by atoms with Crippen LogP contribution in [0.1, 0.15) is 47.0 Å². The Bertz CT molecular complexity index is 285. The molecule has 1 saturated heterocycles. The molecule has 0 spiro atoms. The predicted octanol–water partition coefficient (Wildman–Crippen LogP) is 2.02. The van der Waals surface area contributed by atoms with Gasteiger partial charge in [-0.1, -0.05) is 34.1 Å². The molecule has 0 bridgehead atoms. The van der Waals surface area contributed by atoms with Crippen molar-refractivity contribution in [2.45, 2.75) is 59.0 Å². The molecule has 0 radical (unpaired) electrons. The van der Waals surface area contributed by atoms with Gasteiger partial charge in [0, 0.05) is 31.1 Å². The first kappa shape index (κ1) is 12.9. The lowest BCUT2D eigenvalue weighted by molar-refractivity contribution is -0.143. The van der Waals surface area contributed by atoms with Gasteiger partial charge < -0.3 is 10.2 Å². The van der Waals surface area contributed by atoms with Gasteiger partial charge in [0.25, 0.3) is 0 Å². The lowest BCUT2D eigenvalue weighted by atomic mass is 9.80. The highest BCUT2D eigenvalue weighted by atomic mass is 16.2. The van der Waals surface area contributed by atoms with Crippen LogP contribution < -0.4 is 5.32 Å². The summed E-state index contributed by atoms with van der Waals surface area (Å²) in [5.74, 6) is 0.441. The zero-order valence-corrected chi connectivity index (χ0v) is 11.6. The number of nitrogens with one attached hydrogen (secondary N) is 1. The minimum atomic E-state index is 0.0730. The molecular formula is C14H26N2O. The second-order valence-electron chi connectivity index (χ2n) is 6.82. The van der Waals surface area contributed by atoms with E-state index < -0.39 is 0 Å². The fraction of sp³-hybridized carbons (Fsp3) is 0.929. The average Bonchev–Trinajstić information content (AvgIpc) is 2.09. The number of likely N-dealkylation sites (tertiary alicyclic amines) is 1. The first-order valence-electron chi connectivity index (χ1n) is 6.93. The van der Waals surface area contributed by atoms with Gasteiger partial charge in [0.15, 0.2) is 0 Å². The van der Waals surface area contributed by atoms with Crippen LogP contribution in [0, 0.1) is 11.3 Å². The van der Waals surface area contributed by atoms with Crippen LogP contribution in [0.4, 0.5) is 0 Å². The summed E-state index contributed by atoms with van der Waals surface area (Å²) in [7, 11) is 0. The van der Waals surface area contributed by atoms with Gasteiger partial charge in [-0.3, -0.25) is 4.79 Å². The molecule has 1 heterocycles. The van der Waals surface area contributed by atoms with Gasteiger partial charge in [0.1, 0.15) is 0 Å². The average molecular weight is 238 g/mol. The molecule has 0 aromatic heterocycles. The van der Waals surface area contributed by atoms with Crippen molar-refractivity contribution in [3.63, 3.8) is 0 Å². The summed E-state index contributed by atoms with van der Waals surface area (Å²) < 4.78 is 0. The fourth-order valence-electron chi connectivity index (χ4n) is 2.32. The first-order valence-corrected chi connectivity index (χ1v) is 6.93. The third-order valence-corrected chi connectivity index (χ3v) is 4.44. The van der Waals surface area contributed by atoms with E-state index in [4.69, 9.17) is 0 Å². The van der Waals surface area contributed by atoms with Crippen molar-refractivity contribution < 1.29 is 4.79 Å². The van der Waals surface area contributed by atoms with Crippen LogP contribution >= 0.6 is 0 Å². The SMILES string of the molecule is CC(C(=O)N1CC(NC2CCC2)C1)C(C)(C)C. The van der Waals surface area contributed by atoms with Crippen molar-refractivity contribution in [2.75, 3.05) is 13.1 Å². The Morgan fingerprint density at radius 1 is 1.24 bits per heavy atom. The fourth-order valence-corrected chi connectivity index (χ4v) is 2.32. The van der Waals surface area contributed by atoms with Crippen molar-refractivity contribution in [1.82, 2.24) is 10.2 Å². The molecule has 3 heteroatoms. The van der Waals surface area contributed by atoms with E-state index in [9.17, 15) is 4.79 Å². The maximum absolute atomic E-state index is 12.2. The van der Waals surface area contributed by atoms with Gasteiger partial charge in [0.05, 0.1) is 0 Å². The zero-order chi connectivity index (χ0) is 12.6. The zero-order valence-electron chi connectivity index (χ0n) is 11.6. The number of hydrogen-bond acceptors (Lipinski definition) is 2. The highest BCUT2D eigenvalue weighted by Crippen LogP contribution is 2.29. The van der Waals surface area contributed by atoms with Crippen LogP contribution in [0.3, 0.4) is 0 Å². The van der Waals surface area contributed by atoms with E-state index in [-0.39, 0.29) is 11.3 Å². The summed E-state index contributed by atoms with van der Waals surface area (Å²) in [6, 6.07) is 1.29. The molecule has 2 aliphatic rings. The molecule has 1 aliphatic heterocycles.